The van der Waals surface area contributed by atoms with Crippen LogP contribution in [0.5, 0.6) is 0 Å². The molecular formula is C43H47N3O3S. The van der Waals surface area contributed by atoms with Crippen LogP contribution in [0.3, 0.4) is 0 Å². The summed E-state index contributed by atoms with van der Waals surface area (Å²) < 4.78 is 28.3. The van der Waals surface area contributed by atoms with Gasteiger partial charge in [-0.3, -0.25) is 4.79 Å². The number of rotatable bonds is 8. The highest BCUT2D eigenvalue weighted by Crippen LogP contribution is 2.29. The van der Waals surface area contributed by atoms with Crippen LogP contribution in [0, 0.1) is 20.8 Å². The van der Waals surface area contributed by atoms with E-state index in [9.17, 15) is 13.2 Å². The van der Waals surface area contributed by atoms with Crippen LogP contribution in [0.25, 0.3) is 21.5 Å². The smallest absolute Gasteiger partial charge is 0.252 e. The van der Waals surface area contributed by atoms with Crippen molar-refractivity contribution in [1.29, 1.82) is 0 Å². The van der Waals surface area contributed by atoms with Gasteiger partial charge in [-0.1, -0.05) is 116 Å². The molecule has 6 nitrogen and oxygen atoms in total. The Labute approximate surface area is 296 Å². The molecule has 0 saturated carbocycles. The Morgan fingerprint density at radius 2 is 1.26 bits per heavy atom. The molecule has 0 radical (unpaired) electrons. The maximum atomic E-state index is 12.8. The molecule has 6 aromatic carbocycles. The maximum Gasteiger partial charge on any atom is 0.252 e. The molecular weight excluding hydrogens is 639 g/mol. The molecule has 0 saturated heterocycles. The molecule has 6 rings (SSSR count). The number of nitrogen functional groups attached to an aromatic ring is 1. The third-order valence-corrected chi connectivity index (χ3v) is 10.9. The van der Waals surface area contributed by atoms with Gasteiger partial charge in [0.05, 0.1) is 10.9 Å². The Hall–Kier alpha value is -4.98. The van der Waals surface area contributed by atoms with Gasteiger partial charge in [-0.05, 0) is 108 Å². The summed E-state index contributed by atoms with van der Waals surface area (Å²) in [6.45, 7) is 14.1. The molecule has 0 fully saturated rings. The monoisotopic (exact) mass is 685 g/mol. The molecule has 0 aliphatic carbocycles. The van der Waals surface area contributed by atoms with Crippen molar-refractivity contribution in [2.45, 2.75) is 71.4 Å². The summed E-state index contributed by atoms with van der Waals surface area (Å²) >= 11 is 0. The van der Waals surface area contributed by atoms with E-state index in [0.717, 1.165) is 38.6 Å². The van der Waals surface area contributed by atoms with E-state index >= 15 is 0 Å². The number of fused-ring (bicyclic) bond motifs is 2. The zero-order valence-electron chi connectivity index (χ0n) is 29.9. The van der Waals surface area contributed by atoms with Gasteiger partial charge < -0.3 is 11.1 Å². The summed E-state index contributed by atoms with van der Waals surface area (Å²) in [5.74, 6) is 0.485. The van der Waals surface area contributed by atoms with Gasteiger partial charge in [0.25, 0.3) is 5.91 Å². The molecule has 1 amide bonds. The van der Waals surface area contributed by atoms with Crippen molar-refractivity contribution >= 4 is 43.2 Å². The van der Waals surface area contributed by atoms with Crippen LogP contribution < -0.4 is 15.8 Å². The third kappa shape index (κ3) is 8.24. The highest BCUT2D eigenvalue weighted by molar-refractivity contribution is 7.89. The van der Waals surface area contributed by atoms with Crippen LogP contribution in [0.1, 0.15) is 89.4 Å². The van der Waals surface area contributed by atoms with E-state index in [1.54, 1.807) is 19.1 Å². The molecule has 0 heterocycles. The summed E-state index contributed by atoms with van der Waals surface area (Å²) in [6, 6.07) is 37.3. The van der Waals surface area contributed by atoms with Gasteiger partial charge in [-0.15, -0.1) is 0 Å². The van der Waals surface area contributed by atoms with Crippen LogP contribution >= 0.6 is 0 Å². The van der Waals surface area contributed by atoms with E-state index in [-0.39, 0.29) is 22.9 Å². The van der Waals surface area contributed by atoms with Gasteiger partial charge in [0.15, 0.2) is 0 Å². The second-order valence-electron chi connectivity index (χ2n) is 13.4. The van der Waals surface area contributed by atoms with Crippen molar-refractivity contribution in [3.63, 3.8) is 0 Å². The number of amides is 1. The summed E-state index contributed by atoms with van der Waals surface area (Å²) in [5, 5.41) is 7.72. The maximum absolute atomic E-state index is 12.8. The summed E-state index contributed by atoms with van der Waals surface area (Å²) in [6.07, 6.45) is 0. The first kappa shape index (κ1) is 36.3. The molecule has 7 heteroatoms. The number of benzene rings is 6. The van der Waals surface area contributed by atoms with Crippen LogP contribution in [-0.2, 0) is 10.0 Å². The van der Waals surface area contributed by atoms with Crippen molar-refractivity contribution < 1.29 is 13.2 Å². The third-order valence-electron chi connectivity index (χ3n) is 9.18. The van der Waals surface area contributed by atoms with E-state index in [1.165, 1.54) is 22.4 Å². The number of aryl methyl sites for hydroxylation is 3. The molecule has 4 N–H and O–H groups in total. The van der Waals surface area contributed by atoms with Crippen molar-refractivity contribution in [2.75, 3.05) is 5.73 Å². The SMILES string of the molecule is Cc1ccc(C)c(C(=O)NC(C)c2cccc3cc(C(C)C)ccc23)c1.Cc1ccc(N)cc1S(=O)(=O)NC(C)c1cccc2ccccc12. The second-order valence-corrected chi connectivity index (χ2v) is 15.1. The molecule has 0 spiro atoms. The first-order chi connectivity index (χ1) is 23.7. The number of anilines is 1. The van der Waals surface area contributed by atoms with Crippen molar-refractivity contribution in [3.05, 3.63) is 154 Å². The standard InChI is InChI=1S/C24H27NO.C19H20N2O2S/c1-15(2)19-11-12-22-20(14-19)7-6-8-21(22)18(5)25-24(26)23-13-16(3)9-10-17(23)4;1-13-10-11-16(20)12-19(13)24(22,23)21-14(2)17-9-5-7-15-6-3-4-8-18(15)17/h6-15,18H,1-5H3,(H,25,26);3-12,14,21H,20H2,1-2H3. The first-order valence-electron chi connectivity index (χ1n) is 17.0. The molecule has 0 aliphatic heterocycles. The number of nitrogens with one attached hydrogen (secondary N) is 2. The van der Waals surface area contributed by atoms with Crippen molar-refractivity contribution in [2.24, 2.45) is 0 Å². The minimum atomic E-state index is -3.66. The predicted molar refractivity (Wildman–Crippen MR) is 208 cm³/mol. The molecule has 2 unspecified atom stereocenters. The van der Waals surface area contributed by atoms with Crippen LogP contribution in [0.4, 0.5) is 5.69 Å². The van der Waals surface area contributed by atoms with Gasteiger partial charge in [0.1, 0.15) is 0 Å². The second kappa shape index (κ2) is 15.3. The van der Waals surface area contributed by atoms with E-state index in [2.05, 4.69) is 60.3 Å². The number of nitrogens with two attached hydrogens (primary N) is 1. The van der Waals surface area contributed by atoms with Crippen LogP contribution in [0.15, 0.2) is 120 Å². The molecule has 2 atom stereocenters. The van der Waals surface area contributed by atoms with Gasteiger partial charge in [-0.2, -0.15) is 0 Å². The lowest BCUT2D eigenvalue weighted by Gasteiger charge is -2.18. The highest BCUT2D eigenvalue weighted by Gasteiger charge is 2.22. The van der Waals surface area contributed by atoms with Gasteiger partial charge >= 0.3 is 0 Å². The molecule has 6 aromatic rings. The lowest BCUT2D eigenvalue weighted by Crippen LogP contribution is -2.27. The van der Waals surface area contributed by atoms with Gasteiger partial charge in [0, 0.05) is 17.3 Å². The predicted octanol–water partition coefficient (Wildman–Crippen LogP) is 9.84. The van der Waals surface area contributed by atoms with Crippen LogP contribution in [-0.4, -0.2) is 14.3 Å². The Kier molecular flexibility index (Phi) is 11.1. The topological polar surface area (TPSA) is 101 Å². The van der Waals surface area contributed by atoms with Crippen molar-refractivity contribution in [3.8, 4) is 0 Å². The lowest BCUT2D eigenvalue weighted by molar-refractivity contribution is 0.0939. The van der Waals surface area contributed by atoms with Crippen LogP contribution in [0.2, 0.25) is 0 Å². The molecule has 50 heavy (non-hydrogen) atoms. The van der Waals surface area contributed by atoms with E-state index in [1.807, 2.05) is 88.4 Å². The average Bonchev–Trinajstić information content (AvgIpc) is 3.09. The van der Waals surface area contributed by atoms with E-state index < -0.39 is 10.0 Å². The number of carbonyl (C=O) groups is 1. The van der Waals surface area contributed by atoms with E-state index in [0.29, 0.717) is 17.2 Å². The number of carbonyl (C=O) groups excluding carboxylic acids is 1. The normalized spacial score (nSPS) is 12.7. The minimum absolute atomic E-state index is 0.0190. The minimum Gasteiger partial charge on any atom is -0.399 e. The molecule has 0 aliphatic rings. The van der Waals surface area contributed by atoms with Crippen molar-refractivity contribution in [1.82, 2.24) is 10.0 Å². The molecule has 0 aromatic heterocycles. The average molecular weight is 686 g/mol. The Bertz CT molecular complexity index is 2270. The quantitative estimate of drug-likeness (QED) is 0.139. The number of sulfonamides is 1. The zero-order chi connectivity index (χ0) is 36.2. The number of hydrogen-bond acceptors (Lipinski definition) is 4. The summed E-state index contributed by atoms with van der Waals surface area (Å²) in [5.41, 5.74) is 13.1. The van der Waals surface area contributed by atoms with Gasteiger partial charge in [-0.25, -0.2) is 13.1 Å². The first-order valence-corrected chi connectivity index (χ1v) is 18.5. The fourth-order valence-electron chi connectivity index (χ4n) is 6.29. The highest BCUT2D eigenvalue weighted by atomic mass is 32.2. The lowest BCUT2D eigenvalue weighted by atomic mass is 9.94. The zero-order valence-corrected chi connectivity index (χ0v) is 30.7. The number of hydrogen-bond donors (Lipinski definition) is 3. The van der Waals surface area contributed by atoms with E-state index in [4.69, 9.17) is 5.73 Å². The molecule has 0 bridgehead atoms. The Morgan fingerprint density at radius 3 is 1.98 bits per heavy atom. The largest absolute Gasteiger partial charge is 0.399 e. The summed E-state index contributed by atoms with van der Waals surface area (Å²) in [4.78, 5) is 13.0. The molecule has 258 valence electrons. The fraction of sp³-hybridized carbons (Fsp3) is 0.233. The Balaban J connectivity index is 0.000000195. The fourth-order valence-corrected chi connectivity index (χ4v) is 7.79. The summed E-state index contributed by atoms with van der Waals surface area (Å²) in [7, 11) is -3.66. The van der Waals surface area contributed by atoms with Gasteiger partial charge in [0.2, 0.25) is 10.0 Å². The Morgan fingerprint density at radius 1 is 0.640 bits per heavy atom.